The molecule has 2 amide bonds. The Hall–Kier alpha value is -1.75. The van der Waals surface area contributed by atoms with Crippen LogP contribution in [0.5, 0.6) is 0 Å². The number of nitrogens with one attached hydrogen (secondary N) is 1. The zero-order chi connectivity index (χ0) is 18.5. The molecule has 1 aromatic rings. The fourth-order valence-corrected chi connectivity index (χ4v) is 4.60. The standard InChI is InChI=1S/C20H27ClN2O3/c21-16-8-4-7-15(13-16)18(14-5-2-1-3-6-14)19(24)23-11-9-17(10-12-23)22-20(25)26/h4,7-8,13-14,17-18,22H,1-3,5-6,9-12H2,(H,25,26). The van der Waals surface area contributed by atoms with E-state index in [1.165, 1.54) is 19.3 Å². The van der Waals surface area contributed by atoms with E-state index in [1.807, 2.05) is 29.2 Å². The van der Waals surface area contributed by atoms with E-state index in [9.17, 15) is 9.59 Å². The Kier molecular flexibility index (Phi) is 6.41. The molecule has 142 valence electrons. The van der Waals surface area contributed by atoms with Gasteiger partial charge in [0.2, 0.25) is 5.91 Å². The van der Waals surface area contributed by atoms with Gasteiger partial charge in [-0.2, -0.15) is 0 Å². The van der Waals surface area contributed by atoms with Crippen molar-refractivity contribution in [3.05, 3.63) is 34.9 Å². The summed E-state index contributed by atoms with van der Waals surface area (Å²) in [4.78, 5) is 26.1. The second-order valence-electron chi connectivity index (χ2n) is 7.48. The quantitative estimate of drug-likeness (QED) is 0.822. The molecule has 2 aliphatic rings. The number of carboxylic acid groups (broad SMARTS) is 1. The van der Waals surface area contributed by atoms with Gasteiger partial charge in [0.1, 0.15) is 0 Å². The van der Waals surface area contributed by atoms with E-state index in [1.54, 1.807) is 0 Å². The molecule has 0 bridgehead atoms. The van der Waals surface area contributed by atoms with Gasteiger partial charge in [0.05, 0.1) is 5.92 Å². The molecule has 0 aromatic heterocycles. The molecular weight excluding hydrogens is 352 g/mol. The number of benzene rings is 1. The van der Waals surface area contributed by atoms with E-state index in [0.29, 0.717) is 36.9 Å². The van der Waals surface area contributed by atoms with Crippen molar-refractivity contribution >= 4 is 23.6 Å². The summed E-state index contributed by atoms with van der Waals surface area (Å²) < 4.78 is 0. The van der Waals surface area contributed by atoms with Crippen molar-refractivity contribution in [2.45, 2.75) is 56.9 Å². The molecule has 1 saturated carbocycles. The third-order valence-corrected chi connectivity index (χ3v) is 5.96. The number of nitrogens with zero attached hydrogens (tertiary/aromatic N) is 1. The fourth-order valence-electron chi connectivity index (χ4n) is 4.40. The molecule has 1 heterocycles. The molecule has 0 spiro atoms. The minimum atomic E-state index is -0.992. The minimum absolute atomic E-state index is 0.0594. The summed E-state index contributed by atoms with van der Waals surface area (Å²) in [5.74, 6) is 0.399. The molecule has 6 heteroatoms. The fraction of sp³-hybridized carbons (Fsp3) is 0.600. The first-order valence-electron chi connectivity index (χ1n) is 9.58. The molecule has 1 atom stereocenters. The van der Waals surface area contributed by atoms with Crippen LogP contribution in [0.4, 0.5) is 4.79 Å². The maximum Gasteiger partial charge on any atom is 0.404 e. The maximum atomic E-state index is 13.4. The number of amides is 2. The topological polar surface area (TPSA) is 69.6 Å². The molecule has 1 aromatic carbocycles. The Bertz CT molecular complexity index is 638. The van der Waals surface area contributed by atoms with E-state index in [0.717, 1.165) is 18.4 Å². The first-order valence-corrected chi connectivity index (χ1v) is 9.96. The molecule has 1 saturated heterocycles. The Morgan fingerprint density at radius 1 is 1.12 bits per heavy atom. The van der Waals surface area contributed by atoms with Gasteiger partial charge in [0.15, 0.2) is 0 Å². The number of piperidine rings is 1. The zero-order valence-electron chi connectivity index (χ0n) is 15.0. The van der Waals surface area contributed by atoms with Crippen molar-refractivity contribution < 1.29 is 14.7 Å². The number of likely N-dealkylation sites (tertiary alicyclic amines) is 1. The van der Waals surface area contributed by atoms with E-state index in [4.69, 9.17) is 16.7 Å². The second kappa shape index (κ2) is 8.76. The van der Waals surface area contributed by atoms with E-state index in [2.05, 4.69) is 5.32 Å². The largest absolute Gasteiger partial charge is 0.465 e. The van der Waals surface area contributed by atoms with Gasteiger partial charge in [-0.3, -0.25) is 4.79 Å². The molecule has 2 N–H and O–H groups in total. The molecule has 1 unspecified atom stereocenters. The Morgan fingerprint density at radius 2 is 1.81 bits per heavy atom. The summed E-state index contributed by atoms with van der Waals surface area (Å²) in [6.07, 6.45) is 6.13. The van der Waals surface area contributed by atoms with Crippen molar-refractivity contribution in [3.8, 4) is 0 Å². The molecule has 3 rings (SSSR count). The van der Waals surface area contributed by atoms with Crippen LogP contribution < -0.4 is 5.32 Å². The third kappa shape index (κ3) is 4.70. The van der Waals surface area contributed by atoms with Crippen LogP contribution >= 0.6 is 11.6 Å². The normalized spacial score (nSPS) is 20.6. The summed E-state index contributed by atoms with van der Waals surface area (Å²) in [5, 5.41) is 12.1. The molecule has 0 radical (unpaired) electrons. The van der Waals surface area contributed by atoms with Crippen molar-refractivity contribution in [2.24, 2.45) is 5.92 Å². The smallest absolute Gasteiger partial charge is 0.404 e. The lowest BCUT2D eigenvalue weighted by molar-refractivity contribution is -0.135. The van der Waals surface area contributed by atoms with Crippen LogP contribution in [-0.4, -0.2) is 41.1 Å². The molecule has 2 fully saturated rings. The first-order chi connectivity index (χ1) is 12.5. The number of carbonyl (C=O) groups is 2. The van der Waals surface area contributed by atoms with Gasteiger partial charge >= 0.3 is 6.09 Å². The third-order valence-electron chi connectivity index (χ3n) is 5.73. The summed E-state index contributed by atoms with van der Waals surface area (Å²) in [6, 6.07) is 7.65. The summed E-state index contributed by atoms with van der Waals surface area (Å²) in [5.41, 5.74) is 1.01. The van der Waals surface area contributed by atoms with Gasteiger partial charge in [0, 0.05) is 24.2 Å². The zero-order valence-corrected chi connectivity index (χ0v) is 15.8. The van der Waals surface area contributed by atoms with E-state index >= 15 is 0 Å². The van der Waals surface area contributed by atoms with Crippen molar-refractivity contribution in [1.29, 1.82) is 0 Å². The predicted octanol–water partition coefficient (Wildman–Crippen LogP) is 4.26. The second-order valence-corrected chi connectivity index (χ2v) is 7.92. The van der Waals surface area contributed by atoms with Crippen molar-refractivity contribution in [1.82, 2.24) is 10.2 Å². The van der Waals surface area contributed by atoms with Crippen LogP contribution in [0.2, 0.25) is 5.02 Å². The number of rotatable bonds is 4. The molecule has 5 nitrogen and oxygen atoms in total. The highest BCUT2D eigenvalue weighted by Crippen LogP contribution is 2.38. The molecule has 26 heavy (non-hydrogen) atoms. The lowest BCUT2D eigenvalue weighted by Gasteiger charge is -2.37. The number of hydrogen-bond donors (Lipinski definition) is 2. The van der Waals surface area contributed by atoms with Gasteiger partial charge in [-0.05, 0) is 49.3 Å². The van der Waals surface area contributed by atoms with Gasteiger partial charge < -0.3 is 15.3 Å². The van der Waals surface area contributed by atoms with Gasteiger partial charge in [0.25, 0.3) is 0 Å². The monoisotopic (exact) mass is 378 g/mol. The lowest BCUT2D eigenvalue weighted by atomic mass is 9.76. The van der Waals surface area contributed by atoms with Crippen molar-refractivity contribution in [2.75, 3.05) is 13.1 Å². The number of carbonyl (C=O) groups excluding carboxylic acids is 1. The lowest BCUT2D eigenvalue weighted by Crippen LogP contribution is -2.48. The minimum Gasteiger partial charge on any atom is -0.465 e. The van der Waals surface area contributed by atoms with Crippen LogP contribution in [0.1, 0.15) is 56.4 Å². The highest BCUT2D eigenvalue weighted by atomic mass is 35.5. The average Bonchev–Trinajstić information content (AvgIpc) is 2.63. The van der Waals surface area contributed by atoms with Crippen molar-refractivity contribution in [3.63, 3.8) is 0 Å². The van der Waals surface area contributed by atoms with Gasteiger partial charge in [-0.25, -0.2) is 4.79 Å². The summed E-state index contributed by atoms with van der Waals surface area (Å²) >= 11 is 6.20. The highest BCUT2D eigenvalue weighted by molar-refractivity contribution is 6.30. The van der Waals surface area contributed by atoms with E-state index in [-0.39, 0.29) is 17.9 Å². The van der Waals surface area contributed by atoms with Gasteiger partial charge in [-0.15, -0.1) is 0 Å². The maximum absolute atomic E-state index is 13.4. The van der Waals surface area contributed by atoms with Crippen LogP contribution in [-0.2, 0) is 4.79 Å². The Balaban J connectivity index is 1.74. The van der Waals surface area contributed by atoms with Crippen LogP contribution in [0, 0.1) is 5.92 Å². The molecule has 1 aliphatic heterocycles. The summed E-state index contributed by atoms with van der Waals surface area (Å²) in [7, 11) is 0. The Morgan fingerprint density at radius 3 is 2.42 bits per heavy atom. The summed E-state index contributed by atoms with van der Waals surface area (Å²) in [6.45, 7) is 1.21. The average molecular weight is 379 g/mol. The van der Waals surface area contributed by atoms with Crippen LogP contribution in [0.25, 0.3) is 0 Å². The molecule has 1 aliphatic carbocycles. The Labute approximate surface area is 159 Å². The van der Waals surface area contributed by atoms with Crippen LogP contribution in [0.3, 0.4) is 0 Å². The van der Waals surface area contributed by atoms with E-state index < -0.39 is 6.09 Å². The number of halogens is 1. The number of hydrogen-bond acceptors (Lipinski definition) is 2. The SMILES string of the molecule is O=C(O)NC1CCN(C(=O)C(c2cccc(Cl)c2)C2CCCCC2)CC1. The highest BCUT2D eigenvalue weighted by Gasteiger charge is 2.35. The first kappa shape index (κ1) is 19.0. The predicted molar refractivity (Wildman–Crippen MR) is 102 cm³/mol. The van der Waals surface area contributed by atoms with Gasteiger partial charge in [-0.1, -0.05) is 43.0 Å². The molecular formula is C20H27ClN2O3. The van der Waals surface area contributed by atoms with Crippen LogP contribution in [0.15, 0.2) is 24.3 Å².